The number of hydrogen-bond acceptors (Lipinski definition) is 4. The lowest BCUT2D eigenvalue weighted by molar-refractivity contribution is -0.120. The Bertz CT molecular complexity index is 1020. The number of halogens is 1. The van der Waals surface area contributed by atoms with Crippen molar-refractivity contribution in [2.24, 2.45) is 13.0 Å². The van der Waals surface area contributed by atoms with Gasteiger partial charge >= 0.3 is 0 Å². The van der Waals surface area contributed by atoms with E-state index in [9.17, 15) is 13.2 Å². The second-order valence-electron chi connectivity index (χ2n) is 7.23. The normalized spacial score (nSPS) is 18.2. The standard InChI is InChI=1S/C19H25ClN4O3S/c1-12-16(20)8-5-9-17(12)21-19(25)15-7-6-10-24(11-15)28(26,27)18-13(2)22-23(4)14(18)3/h5,8-9,15H,6-7,10-11H2,1-4H3,(H,21,25). The molecule has 1 aliphatic rings. The molecule has 0 spiro atoms. The molecule has 152 valence electrons. The lowest BCUT2D eigenvalue weighted by Crippen LogP contribution is -2.44. The first kappa shape index (κ1) is 20.8. The summed E-state index contributed by atoms with van der Waals surface area (Å²) in [6.07, 6.45) is 1.27. The van der Waals surface area contributed by atoms with Crippen molar-refractivity contribution in [2.45, 2.75) is 38.5 Å². The Balaban J connectivity index is 1.80. The van der Waals surface area contributed by atoms with Crippen molar-refractivity contribution < 1.29 is 13.2 Å². The number of rotatable bonds is 4. The number of piperidine rings is 1. The number of sulfonamides is 1. The Morgan fingerprint density at radius 3 is 2.64 bits per heavy atom. The van der Waals surface area contributed by atoms with Crippen LogP contribution in [-0.2, 0) is 21.9 Å². The summed E-state index contributed by atoms with van der Waals surface area (Å²) in [5.74, 6) is -0.607. The minimum Gasteiger partial charge on any atom is -0.326 e. The van der Waals surface area contributed by atoms with Crippen LogP contribution in [0.25, 0.3) is 0 Å². The molecule has 1 fully saturated rings. The molecule has 9 heteroatoms. The van der Waals surface area contributed by atoms with Gasteiger partial charge in [0.1, 0.15) is 4.90 Å². The van der Waals surface area contributed by atoms with Crippen LogP contribution in [0.3, 0.4) is 0 Å². The van der Waals surface area contributed by atoms with Crippen molar-refractivity contribution in [2.75, 3.05) is 18.4 Å². The number of amides is 1. The van der Waals surface area contributed by atoms with E-state index in [0.717, 1.165) is 5.56 Å². The summed E-state index contributed by atoms with van der Waals surface area (Å²) in [6.45, 7) is 5.82. The van der Waals surface area contributed by atoms with Gasteiger partial charge in [0, 0.05) is 30.8 Å². The van der Waals surface area contributed by atoms with E-state index in [4.69, 9.17) is 11.6 Å². The number of nitrogens with zero attached hydrogens (tertiary/aromatic N) is 3. The summed E-state index contributed by atoms with van der Waals surface area (Å²) in [6, 6.07) is 5.33. The maximum absolute atomic E-state index is 13.2. The molecule has 0 bridgehead atoms. The highest BCUT2D eigenvalue weighted by molar-refractivity contribution is 7.89. The zero-order chi connectivity index (χ0) is 20.6. The van der Waals surface area contributed by atoms with Gasteiger partial charge in [-0.3, -0.25) is 9.48 Å². The number of nitrogens with one attached hydrogen (secondary N) is 1. The van der Waals surface area contributed by atoms with Gasteiger partial charge in [-0.15, -0.1) is 0 Å². The van der Waals surface area contributed by atoms with E-state index in [-0.39, 0.29) is 17.3 Å². The number of benzene rings is 1. The average Bonchev–Trinajstić information content (AvgIpc) is 2.91. The predicted octanol–water partition coefficient (Wildman–Crippen LogP) is 3.04. The fourth-order valence-corrected chi connectivity index (χ4v) is 5.71. The Labute approximate surface area is 170 Å². The molecule has 0 radical (unpaired) electrons. The van der Waals surface area contributed by atoms with E-state index in [1.165, 1.54) is 4.31 Å². The van der Waals surface area contributed by atoms with E-state index < -0.39 is 15.9 Å². The monoisotopic (exact) mass is 424 g/mol. The van der Waals surface area contributed by atoms with Crippen LogP contribution in [0, 0.1) is 26.7 Å². The van der Waals surface area contributed by atoms with Gasteiger partial charge in [-0.1, -0.05) is 17.7 Å². The fraction of sp³-hybridized carbons (Fsp3) is 0.474. The maximum atomic E-state index is 13.2. The Hall–Kier alpha value is -1.90. The second kappa shape index (κ2) is 7.85. The molecule has 7 nitrogen and oxygen atoms in total. The summed E-state index contributed by atoms with van der Waals surface area (Å²) in [5.41, 5.74) is 2.51. The lowest BCUT2D eigenvalue weighted by atomic mass is 9.98. The fourth-order valence-electron chi connectivity index (χ4n) is 3.61. The molecule has 1 N–H and O–H groups in total. The van der Waals surface area contributed by atoms with Crippen LogP contribution in [0.15, 0.2) is 23.1 Å². The Kier molecular flexibility index (Phi) is 5.84. The molecule has 1 aromatic heterocycles. The first-order valence-electron chi connectivity index (χ1n) is 9.19. The van der Waals surface area contributed by atoms with Gasteiger partial charge in [0.25, 0.3) is 0 Å². The Morgan fingerprint density at radius 1 is 1.29 bits per heavy atom. The van der Waals surface area contributed by atoms with Crippen LogP contribution in [-0.4, -0.2) is 41.5 Å². The third-order valence-electron chi connectivity index (χ3n) is 5.32. The van der Waals surface area contributed by atoms with Crippen molar-refractivity contribution in [1.29, 1.82) is 0 Å². The smallest absolute Gasteiger partial charge is 0.246 e. The zero-order valence-electron chi connectivity index (χ0n) is 16.5. The molecule has 1 unspecified atom stereocenters. The third kappa shape index (κ3) is 3.81. The zero-order valence-corrected chi connectivity index (χ0v) is 18.1. The highest BCUT2D eigenvalue weighted by Crippen LogP contribution is 2.29. The lowest BCUT2D eigenvalue weighted by Gasteiger charge is -2.31. The first-order valence-corrected chi connectivity index (χ1v) is 11.0. The average molecular weight is 425 g/mol. The van der Waals surface area contributed by atoms with Crippen molar-refractivity contribution in [3.63, 3.8) is 0 Å². The van der Waals surface area contributed by atoms with Crippen molar-refractivity contribution in [3.05, 3.63) is 40.2 Å². The molecule has 1 amide bonds. The summed E-state index contributed by atoms with van der Waals surface area (Å²) in [7, 11) is -1.98. The van der Waals surface area contributed by atoms with Crippen LogP contribution < -0.4 is 5.32 Å². The first-order chi connectivity index (χ1) is 13.1. The molecule has 28 heavy (non-hydrogen) atoms. The number of aryl methyl sites for hydroxylation is 2. The van der Waals surface area contributed by atoms with Gasteiger partial charge < -0.3 is 5.32 Å². The van der Waals surface area contributed by atoms with E-state index in [0.29, 0.717) is 41.5 Å². The topological polar surface area (TPSA) is 84.3 Å². The summed E-state index contributed by atoms with van der Waals surface area (Å²) in [4.78, 5) is 13.0. The molecule has 2 aromatic rings. The number of carbonyl (C=O) groups is 1. The molecular formula is C19H25ClN4O3S. The number of carbonyl (C=O) groups excluding carboxylic acids is 1. The van der Waals surface area contributed by atoms with Crippen molar-refractivity contribution >= 4 is 33.2 Å². The molecule has 3 rings (SSSR count). The minimum atomic E-state index is -3.71. The number of aromatic nitrogens is 2. The van der Waals surface area contributed by atoms with E-state index in [2.05, 4.69) is 10.4 Å². The largest absolute Gasteiger partial charge is 0.326 e. The maximum Gasteiger partial charge on any atom is 0.246 e. The summed E-state index contributed by atoms with van der Waals surface area (Å²) >= 11 is 6.12. The molecular weight excluding hydrogens is 400 g/mol. The van der Waals surface area contributed by atoms with Gasteiger partial charge in [-0.05, 0) is 51.3 Å². The summed E-state index contributed by atoms with van der Waals surface area (Å²) in [5, 5.41) is 7.69. The van der Waals surface area contributed by atoms with E-state index in [1.54, 1.807) is 43.8 Å². The van der Waals surface area contributed by atoms with E-state index >= 15 is 0 Å². The quantitative estimate of drug-likeness (QED) is 0.817. The van der Waals surface area contributed by atoms with Crippen LogP contribution >= 0.6 is 11.6 Å². The van der Waals surface area contributed by atoms with Crippen molar-refractivity contribution in [3.8, 4) is 0 Å². The van der Waals surface area contributed by atoms with Gasteiger partial charge in [0.05, 0.1) is 17.3 Å². The predicted molar refractivity (Wildman–Crippen MR) is 109 cm³/mol. The molecule has 1 aromatic carbocycles. The highest BCUT2D eigenvalue weighted by atomic mass is 35.5. The highest BCUT2D eigenvalue weighted by Gasteiger charge is 2.36. The third-order valence-corrected chi connectivity index (χ3v) is 7.85. The molecule has 1 aliphatic heterocycles. The molecule has 1 atom stereocenters. The minimum absolute atomic E-state index is 0.154. The molecule has 0 aliphatic carbocycles. The van der Waals surface area contributed by atoms with Crippen molar-refractivity contribution in [1.82, 2.24) is 14.1 Å². The summed E-state index contributed by atoms with van der Waals surface area (Å²) < 4.78 is 29.4. The molecule has 0 saturated carbocycles. The van der Waals surface area contributed by atoms with Crippen LogP contribution in [0.2, 0.25) is 5.02 Å². The van der Waals surface area contributed by atoms with E-state index in [1.807, 2.05) is 6.92 Å². The molecule has 1 saturated heterocycles. The SMILES string of the molecule is Cc1nn(C)c(C)c1S(=O)(=O)N1CCCC(C(=O)Nc2cccc(Cl)c2C)C1. The number of anilines is 1. The van der Waals surface area contributed by atoms with Gasteiger partial charge in [0.15, 0.2) is 0 Å². The van der Waals surface area contributed by atoms with Crippen LogP contribution in [0.4, 0.5) is 5.69 Å². The Morgan fingerprint density at radius 2 is 2.00 bits per heavy atom. The number of hydrogen-bond donors (Lipinski definition) is 1. The molecule has 2 heterocycles. The van der Waals surface area contributed by atoms with Gasteiger partial charge in [0.2, 0.25) is 15.9 Å². The van der Waals surface area contributed by atoms with Crippen LogP contribution in [0.1, 0.15) is 29.8 Å². The second-order valence-corrected chi connectivity index (χ2v) is 9.51. The van der Waals surface area contributed by atoms with Gasteiger partial charge in [-0.25, -0.2) is 8.42 Å². The van der Waals surface area contributed by atoms with Crippen LogP contribution in [0.5, 0.6) is 0 Å². The van der Waals surface area contributed by atoms with Gasteiger partial charge in [-0.2, -0.15) is 9.40 Å².